The Labute approximate surface area is 127 Å². The van der Waals surface area contributed by atoms with E-state index in [2.05, 4.69) is 31.0 Å². The standard InChI is InChI=1S/C17H27FN2O/c1-12(2)15-11-20(13(3)8-9-19-15)10-14-6-5-7-16(21-4)17(14)18/h5-7,12-13,15,19H,8-11H2,1-4H3. The Hall–Kier alpha value is -1.13. The van der Waals surface area contributed by atoms with Crippen LogP contribution >= 0.6 is 0 Å². The van der Waals surface area contributed by atoms with Crippen LogP contribution in [0.1, 0.15) is 32.8 Å². The Morgan fingerprint density at radius 2 is 2.19 bits per heavy atom. The lowest BCUT2D eigenvalue weighted by molar-refractivity contribution is 0.181. The average molecular weight is 294 g/mol. The number of hydrogen-bond acceptors (Lipinski definition) is 3. The van der Waals surface area contributed by atoms with Gasteiger partial charge in [-0.3, -0.25) is 4.90 Å². The second-order valence-corrected chi connectivity index (χ2v) is 6.31. The van der Waals surface area contributed by atoms with E-state index in [4.69, 9.17) is 4.74 Å². The highest BCUT2D eigenvalue weighted by atomic mass is 19.1. The number of methoxy groups -OCH3 is 1. The molecule has 1 aliphatic heterocycles. The zero-order valence-corrected chi connectivity index (χ0v) is 13.5. The maximum absolute atomic E-state index is 14.3. The van der Waals surface area contributed by atoms with Gasteiger partial charge in [-0.15, -0.1) is 0 Å². The monoisotopic (exact) mass is 294 g/mol. The highest BCUT2D eigenvalue weighted by molar-refractivity contribution is 5.31. The van der Waals surface area contributed by atoms with Crippen molar-refractivity contribution in [1.29, 1.82) is 0 Å². The summed E-state index contributed by atoms with van der Waals surface area (Å²) in [5.74, 6) is 0.673. The van der Waals surface area contributed by atoms with E-state index in [1.54, 1.807) is 6.07 Å². The van der Waals surface area contributed by atoms with Crippen molar-refractivity contribution < 1.29 is 9.13 Å². The fraction of sp³-hybridized carbons (Fsp3) is 0.647. The predicted octanol–water partition coefficient (Wildman–Crippen LogP) is 3.04. The summed E-state index contributed by atoms with van der Waals surface area (Å²) in [6.45, 7) is 9.31. The Balaban J connectivity index is 2.15. The van der Waals surface area contributed by atoms with Crippen LogP contribution in [0.3, 0.4) is 0 Å². The summed E-state index contributed by atoms with van der Waals surface area (Å²) >= 11 is 0. The molecule has 0 bridgehead atoms. The summed E-state index contributed by atoms with van der Waals surface area (Å²) in [7, 11) is 1.51. The van der Waals surface area contributed by atoms with Gasteiger partial charge in [0.2, 0.25) is 0 Å². The smallest absolute Gasteiger partial charge is 0.169 e. The van der Waals surface area contributed by atoms with Gasteiger partial charge < -0.3 is 10.1 Å². The Bertz CT molecular complexity index is 464. The van der Waals surface area contributed by atoms with Crippen LogP contribution in [-0.2, 0) is 6.54 Å². The highest BCUT2D eigenvalue weighted by Crippen LogP contribution is 2.23. The van der Waals surface area contributed by atoms with Gasteiger partial charge in [0.1, 0.15) is 0 Å². The quantitative estimate of drug-likeness (QED) is 0.924. The molecule has 21 heavy (non-hydrogen) atoms. The maximum Gasteiger partial charge on any atom is 0.169 e. The summed E-state index contributed by atoms with van der Waals surface area (Å²) in [5, 5.41) is 3.60. The number of nitrogens with zero attached hydrogens (tertiary/aromatic N) is 1. The normalized spacial score (nSPS) is 24.1. The minimum absolute atomic E-state index is 0.231. The molecule has 1 saturated heterocycles. The molecule has 0 aromatic heterocycles. The van der Waals surface area contributed by atoms with Crippen molar-refractivity contribution >= 4 is 0 Å². The first-order chi connectivity index (χ1) is 10.0. The van der Waals surface area contributed by atoms with Crippen LogP contribution in [0.4, 0.5) is 4.39 Å². The summed E-state index contributed by atoms with van der Waals surface area (Å²) in [6, 6.07) is 6.30. The first kappa shape index (κ1) is 16.2. The average Bonchev–Trinajstić information content (AvgIpc) is 2.64. The Kier molecular flexibility index (Phi) is 5.59. The minimum Gasteiger partial charge on any atom is -0.494 e. The Morgan fingerprint density at radius 1 is 1.43 bits per heavy atom. The molecule has 0 amide bonds. The third-order valence-corrected chi connectivity index (χ3v) is 4.46. The largest absolute Gasteiger partial charge is 0.494 e. The number of rotatable bonds is 4. The van der Waals surface area contributed by atoms with Gasteiger partial charge in [-0.05, 0) is 31.9 Å². The number of halogens is 1. The van der Waals surface area contributed by atoms with Crippen molar-refractivity contribution in [2.45, 2.75) is 45.8 Å². The van der Waals surface area contributed by atoms with Gasteiger partial charge in [-0.25, -0.2) is 4.39 Å². The van der Waals surface area contributed by atoms with Crippen molar-refractivity contribution in [2.75, 3.05) is 20.2 Å². The van der Waals surface area contributed by atoms with Crippen LogP contribution in [-0.4, -0.2) is 37.2 Å². The van der Waals surface area contributed by atoms with E-state index in [0.29, 0.717) is 35.9 Å². The van der Waals surface area contributed by atoms with Crippen LogP contribution in [0, 0.1) is 11.7 Å². The van der Waals surface area contributed by atoms with Crippen molar-refractivity contribution in [3.8, 4) is 5.75 Å². The minimum atomic E-state index is -0.231. The molecule has 1 heterocycles. The van der Waals surface area contributed by atoms with Crippen LogP contribution in [0.2, 0.25) is 0 Å². The molecule has 1 fully saturated rings. The number of hydrogen-bond donors (Lipinski definition) is 1. The van der Waals surface area contributed by atoms with Gasteiger partial charge in [0.25, 0.3) is 0 Å². The topological polar surface area (TPSA) is 24.5 Å². The molecule has 1 N–H and O–H groups in total. The van der Waals surface area contributed by atoms with Crippen LogP contribution < -0.4 is 10.1 Å². The summed E-state index contributed by atoms with van der Waals surface area (Å²) < 4.78 is 19.4. The molecule has 1 aromatic rings. The van der Waals surface area contributed by atoms with Crippen LogP contribution in [0.25, 0.3) is 0 Å². The molecule has 4 heteroatoms. The molecule has 0 saturated carbocycles. The highest BCUT2D eigenvalue weighted by Gasteiger charge is 2.25. The van der Waals surface area contributed by atoms with Gasteiger partial charge >= 0.3 is 0 Å². The zero-order valence-electron chi connectivity index (χ0n) is 13.5. The van der Waals surface area contributed by atoms with E-state index < -0.39 is 0 Å². The van der Waals surface area contributed by atoms with Gasteiger partial charge in [-0.1, -0.05) is 26.0 Å². The molecule has 2 atom stereocenters. The molecule has 3 nitrogen and oxygen atoms in total. The van der Waals surface area contributed by atoms with E-state index in [1.807, 2.05) is 12.1 Å². The molecule has 0 aliphatic carbocycles. The lowest BCUT2D eigenvalue weighted by Gasteiger charge is -2.30. The first-order valence-electron chi connectivity index (χ1n) is 7.81. The van der Waals surface area contributed by atoms with Crippen molar-refractivity contribution in [3.63, 3.8) is 0 Å². The molecule has 2 unspecified atom stereocenters. The van der Waals surface area contributed by atoms with Gasteiger partial charge in [-0.2, -0.15) is 0 Å². The van der Waals surface area contributed by atoms with Crippen LogP contribution in [0.15, 0.2) is 18.2 Å². The van der Waals surface area contributed by atoms with Crippen molar-refractivity contribution in [1.82, 2.24) is 10.2 Å². The number of ether oxygens (including phenoxy) is 1. The molecule has 1 aliphatic rings. The molecule has 1 aromatic carbocycles. The van der Waals surface area contributed by atoms with E-state index in [1.165, 1.54) is 7.11 Å². The van der Waals surface area contributed by atoms with E-state index in [-0.39, 0.29) is 5.82 Å². The van der Waals surface area contributed by atoms with Crippen LogP contribution in [0.5, 0.6) is 5.75 Å². The van der Waals surface area contributed by atoms with Gasteiger partial charge in [0.15, 0.2) is 11.6 Å². The van der Waals surface area contributed by atoms with E-state index in [9.17, 15) is 4.39 Å². The Morgan fingerprint density at radius 3 is 2.86 bits per heavy atom. The lowest BCUT2D eigenvalue weighted by Crippen LogP contribution is -2.42. The predicted molar refractivity (Wildman–Crippen MR) is 84.1 cm³/mol. The molecule has 2 rings (SSSR count). The third-order valence-electron chi connectivity index (χ3n) is 4.46. The number of nitrogens with one attached hydrogen (secondary N) is 1. The van der Waals surface area contributed by atoms with Crippen molar-refractivity contribution in [3.05, 3.63) is 29.6 Å². The molecule has 0 radical (unpaired) electrons. The fourth-order valence-corrected chi connectivity index (χ4v) is 2.88. The number of benzene rings is 1. The third kappa shape index (κ3) is 3.95. The van der Waals surface area contributed by atoms with Gasteiger partial charge in [0, 0.05) is 30.7 Å². The second-order valence-electron chi connectivity index (χ2n) is 6.31. The SMILES string of the molecule is COc1cccc(CN2CC(C(C)C)NCCC2C)c1F. The molecule has 0 spiro atoms. The second kappa shape index (κ2) is 7.23. The fourth-order valence-electron chi connectivity index (χ4n) is 2.88. The maximum atomic E-state index is 14.3. The van der Waals surface area contributed by atoms with E-state index >= 15 is 0 Å². The summed E-state index contributed by atoms with van der Waals surface area (Å²) in [4.78, 5) is 2.38. The first-order valence-corrected chi connectivity index (χ1v) is 7.81. The van der Waals surface area contributed by atoms with Gasteiger partial charge in [0.05, 0.1) is 7.11 Å². The summed E-state index contributed by atoms with van der Waals surface area (Å²) in [6.07, 6.45) is 1.09. The summed E-state index contributed by atoms with van der Waals surface area (Å²) in [5.41, 5.74) is 0.714. The molecular weight excluding hydrogens is 267 g/mol. The zero-order chi connectivity index (χ0) is 15.4. The van der Waals surface area contributed by atoms with Crippen molar-refractivity contribution in [2.24, 2.45) is 5.92 Å². The molecule has 118 valence electrons. The lowest BCUT2D eigenvalue weighted by atomic mass is 10.0. The molecular formula is C17H27FN2O. The van der Waals surface area contributed by atoms with E-state index in [0.717, 1.165) is 19.5 Å².